The van der Waals surface area contributed by atoms with Crippen LogP contribution in [-0.2, 0) is 0 Å². The van der Waals surface area contributed by atoms with Gasteiger partial charge in [0.05, 0.1) is 11.3 Å². The normalized spacial score (nSPS) is 11.4. The number of hydrogen-bond acceptors (Lipinski definition) is 3. The van der Waals surface area contributed by atoms with Gasteiger partial charge in [-0.15, -0.1) is 6.58 Å². The molecule has 0 bridgehead atoms. The number of aromatic hydroxyl groups is 1. The van der Waals surface area contributed by atoms with Crippen LogP contribution in [0.25, 0.3) is 0 Å². The van der Waals surface area contributed by atoms with Gasteiger partial charge in [-0.2, -0.15) is 0 Å². The first-order chi connectivity index (χ1) is 8.93. The Morgan fingerprint density at radius 2 is 2.16 bits per heavy atom. The van der Waals surface area contributed by atoms with Gasteiger partial charge < -0.3 is 20.8 Å². The molecule has 19 heavy (non-hydrogen) atoms. The van der Waals surface area contributed by atoms with Crippen molar-refractivity contribution >= 4 is 17.7 Å². The first-order valence-corrected chi connectivity index (χ1v) is 5.68. The number of aromatic carboxylic acids is 1. The molecule has 1 aromatic rings. The maximum Gasteiger partial charge on any atom is 0.335 e. The molecule has 4 N–H and O–H groups in total. The minimum Gasteiger partial charge on any atom is -0.506 e. The van der Waals surface area contributed by atoms with Crippen molar-refractivity contribution in [1.82, 2.24) is 5.32 Å². The van der Waals surface area contributed by atoms with Gasteiger partial charge in [-0.1, -0.05) is 6.08 Å². The van der Waals surface area contributed by atoms with Crippen LogP contribution in [0.4, 0.5) is 10.5 Å². The van der Waals surface area contributed by atoms with Crippen molar-refractivity contribution in [1.29, 1.82) is 0 Å². The summed E-state index contributed by atoms with van der Waals surface area (Å²) in [5.41, 5.74) is 0.0942. The number of phenolic OH excluding ortho intramolecular Hbond substituents is 1. The van der Waals surface area contributed by atoms with Gasteiger partial charge in [-0.3, -0.25) is 0 Å². The molecule has 6 nitrogen and oxygen atoms in total. The molecule has 1 unspecified atom stereocenters. The maximum absolute atomic E-state index is 11.6. The van der Waals surface area contributed by atoms with Crippen molar-refractivity contribution in [2.75, 3.05) is 5.32 Å². The molecule has 0 aromatic heterocycles. The molecule has 0 aliphatic rings. The first-order valence-electron chi connectivity index (χ1n) is 5.68. The zero-order valence-corrected chi connectivity index (χ0v) is 10.5. The van der Waals surface area contributed by atoms with Crippen LogP contribution in [-0.4, -0.2) is 28.3 Å². The second-order valence-electron chi connectivity index (χ2n) is 4.06. The van der Waals surface area contributed by atoms with Crippen LogP contribution in [0.15, 0.2) is 30.9 Å². The molecule has 0 heterocycles. The second-order valence-corrected chi connectivity index (χ2v) is 4.06. The number of carboxylic acids is 1. The standard InChI is InChI=1S/C13H16N2O4/c1-3-4-8(2)14-13(19)15-10-6-5-9(12(17)18)7-11(10)16/h3,5-8,16H,1,4H2,2H3,(H,17,18)(H2,14,15,19). The number of rotatable bonds is 5. The number of benzene rings is 1. The highest BCUT2D eigenvalue weighted by atomic mass is 16.4. The topological polar surface area (TPSA) is 98.7 Å². The van der Waals surface area contributed by atoms with Crippen LogP contribution in [0, 0.1) is 0 Å². The number of urea groups is 1. The summed E-state index contributed by atoms with van der Waals surface area (Å²) in [5.74, 6) is -1.45. The fraction of sp³-hybridized carbons (Fsp3) is 0.231. The zero-order valence-electron chi connectivity index (χ0n) is 10.5. The lowest BCUT2D eigenvalue weighted by Gasteiger charge is -2.13. The van der Waals surface area contributed by atoms with Crippen molar-refractivity contribution in [3.63, 3.8) is 0 Å². The van der Waals surface area contributed by atoms with Gasteiger partial charge in [0.1, 0.15) is 5.75 Å². The minimum absolute atomic E-state index is 0.0523. The van der Waals surface area contributed by atoms with Gasteiger partial charge in [0.25, 0.3) is 0 Å². The van der Waals surface area contributed by atoms with Crippen molar-refractivity contribution < 1.29 is 19.8 Å². The van der Waals surface area contributed by atoms with Crippen LogP contribution < -0.4 is 10.6 Å². The third kappa shape index (κ3) is 4.34. The zero-order chi connectivity index (χ0) is 14.4. The van der Waals surface area contributed by atoms with Gasteiger partial charge in [0.15, 0.2) is 0 Å². The third-order valence-electron chi connectivity index (χ3n) is 2.39. The molecule has 0 spiro atoms. The lowest BCUT2D eigenvalue weighted by molar-refractivity contribution is 0.0696. The van der Waals surface area contributed by atoms with E-state index in [9.17, 15) is 14.7 Å². The predicted octanol–water partition coefficient (Wildman–Crippen LogP) is 2.18. The summed E-state index contributed by atoms with van der Waals surface area (Å²) in [6.45, 7) is 5.38. The van der Waals surface area contributed by atoms with E-state index < -0.39 is 12.0 Å². The van der Waals surface area contributed by atoms with Crippen LogP contribution in [0.2, 0.25) is 0 Å². The van der Waals surface area contributed by atoms with Gasteiger partial charge in [0.2, 0.25) is 0 Å². The smallest absolute Gasteiger partial charge is 0.335 e. The molecule has 6 heteroatoms. The third-order valence-corrected chi connectivity index (χ3v) is 2.39. The van der Waals surface area contributed by atoms with Gasteiger partial charge in [-0.25, -0.2) is 9.59 Å². The number of carbonyl (C=O) groups is 2. The van der Waals surface area contributed by atoms with Crippen LogP contribution >= 0.6 is 0 Å². The predicted molar refractivity (Wildman–Crippen MR) is 71.5 cm³/mol. The van der Waals surface area contributed by atoms with E-state index in [2.05, 4.69) is 17.2 Å². The summed E-state index contributed by atoms with van der Waals surface area (Å²) >= 11 is 0. The molecule has 0 fully saturated rings. The molecule has 1 rings (SSSR count). The summed E-state index contributed by atoms with van der Waals surface area (Å²) in [6, 6.07) is 3.14. The Morgan fingerprint density at radius 1 is 1.47 bits per heavy atom. The average molecular weight is 264 g/mol. The summed E-state index contributed by atoms with van der Waals surface area (Å²) in [7, 11) is 0. The fourth-order valence-corrected chi connectivity index (χ4v) is 1.46. The average Bonchev–Trinajstić information content (AvgIpc) is 2.31. The largest absolute Gasteiger partial charge is 0.506 e. The Kier molecular flexibility index (Phi) is 4.93. The molecule has 0 aliphatic heterocycles. The molecular formula is C13H16N2O4. The molecule has 0 radical (unpaired) electrons. The molecular weight excluding hydrogens is 248 g/mol. The van der Waals surface area contributed by atoms with E-state index >= 15 is 0 Å². The Balaban J connectivity index is 2.69. The maximum atomic E-state index is 11.6. The lowest BCUT2D eigenvalue weighted by Crippen LogP contribution is -2.35. The quantitative estimate of drug-likeness (QED) is 0.484. The van der Waals surface area contributed by atoms with Crippen LogP contribution in [0.1, 0.15) is 23.7 Å². The van der Waals surface area contributed by atoms with E-state index in [-0.39, 0.29) is 23.0 Å². The Morgan fingerprint density at radius 3 is 2.68 bits per heavy atom. The van der Waals surface area contributed by atoms with E-state index in [0.29, 0.717) is 6.42 Å². The Hall–Kier alpha value is -2.50. The number of carbonyl (C=O) groups excluding carboxylic acids is 1. The number of carboxylic acid groups (broad SMARTS) is 1. The highest BCUT2D eigenvalue weighted by molar-refractivity contribution is 5.93. The number of anilines is 1. The highest BCUT2D eigenvalue weighted by Gasteiger charge is 2.11. The van der Waals surface area contributed by atoms with E-state index in [1.165, 1.54) is 12.1 Å². The summed E-state index contributed by atoms with van der Waals surface area (Å²) in [4.78, 5) is 22.3. The summed E-state index contributed by atoms with van der Waals surface area (Å²) in [6.07, 6.45) is 2.31. The van der Waals surface area contributed by atoms with Crippen molar-refractivity contribution in [2.45, 2.75) is 19.4 Å². The molecule has 0 saturated carbocycles. The SMILES string of the molecule is C=CCC(C)NC(=O)Nc1ccc(C(=O)O)cc1O. The van der Waals surface area contributed by atoms with Gasteiger partial charge in [0, 0.05) is 6.04 Å². The Bertz CT molecular complexity index is 499. The highest BCUT2D eigenvalue weighted by Crippen LogP contribution is 2.24. The first kappa shape index (κ1) is 14.6. The van der Waals surface area contributed by atoms with E-state index in [0.717, 1.165) is 6.07 Å². The Labute approximate surface area is 110 Å². The molecule has 0 saturated heterocycles. The lowest BCUT2D eigenvalue weighted by atomic mass is 10.2. The van der Waals surface area contributed by atoms with Crippen molar-refractivity contribution in [3.05, 3.63) is 36.4 Å². The number of phenols is 1. The summed E-state index contributed by atoms with van der Waals surface area (Å²) in [5, 5.41) is 23.4. The van der Waals surface area contributed by atoms with E-state index in [1.54, 1.807) is 6.08 Å². The molecule has 102 valence electrons. The van der Waals surface area contributed by atoms with E-state index in [1.807, 2.05) is 6.92 Å². The fourth-order valence-electron chi connectivity index (χ4n) is 1.46. The number of amides is 2. The molecule has 1 atom stereocenters. The molecule has 2 amide bonds. The van der Waals surface area contributed by atoms with Crippen LogP contribution in [0.3, 0.4) is 0 Å². The van der Waals surface area contributed by atoms with Gasteiger partial charge in [-0.05, 0) is 31.5 Å². The monoisotopic (exact) mass is 264 g/mol. The molecule has 1 aromatic carbocycles. The van der Waals surface area contributed by atoms with Crippen molar-refractivity contribution in [3.8, 4) is 5.75 Å². The van der Waals surface area contributed by atoms with E-state index in [4.69, 9.17) is 5.11 Å². The number of nitrogens with one attached hydrogen (secondary N) is 2. The van der Waals surface area contributed by atoms with Gasteiger partial charge >= 0.3 is 12.0 Å². The molecule has 0 aliphatic carbocycles. The van der Waals surface area contributed by atoms with Crippen LogP contribution in [0.5, 0.6) is 5.75 Å². The minimum atomic E-state index is -1.15. The second kappa shape index (κ2) is 6.44. The number of hydrogen-bond donors (Lipinski definition) is 4. The van der Waals surface area contributed by atoms with Crippen molar-refractivity contribution in [2.24, 2.45) is 0 Å². The summed E-state index contributed by atoms with van der Waals surface area (Å²) < 4.78 is 0.